The lowest BCUT2D eigenvalue weighted by molar-refractivity contribution is -0.129. The predicted molar refractivity (Wildman–Crippen MR) is 116 cm³/mol. The van der Waals surface area contributed by atoms with Gasteiger partial charge in [-0.2, -0.15) is 0 Å². The van der Waals surface area contributed by atoms with Gasteiger partial charge in [-0.15, -0.1) is 12.4 Å². The van der Waals surface area contributed by atoms with E-state index in [1.807, 2.05) is 26.1 Å². The summed E-state index contributed by atoms with van der Waals surface area (Å²) in [5.41, 5.74) is 1.59. The van der Waals surface area contributed by atoms with Crippen LogP contribution < -0.4 is 9.62 Å². The Kier molecular flexibility index (Phi) is 9.45. The number of carbonyl (C=O) groups is 1. The fourth-order valence-corrected chi connectivity index (χ4v) is 4.10. The molecule has 0 spiro atoms. The number of rotatable bonds is 9. The molecule has 0 aliphatic rings. The zero-order valence-corrected chi connectivity index (χ0v) is 18.1. The molecular formula is C20H28ClN3O3S. The van der Waals surface area contributed by atoms with Crippen molar-refractivity contribution >= 4 is 34.0 Å². The fraction of sp³-hybridized carbons (Fsp3) is 0.350. The molecule has 0 heterocycles. The van der Waals surface area contributed by atoms with Gasteiger partial charge in [0.1, 0.15) is 0 Å². The lowest BCUT2D eigenvalue weighted by Gasteiger charge is -2.26. The number of benzene rings is 2. The molecule has 1 N–H and O–H groups in total. The van der Waals surface area contributed by atoms with E-state index in [9.17, 15) is 13.2 Å². The molecule has 0 saturated carbocycles. The van der Waals surface area contributed by atoms with Crippen LogP contribution in [0.3, 0.4) is 0 Å². The van der Waals surface area contributed by atoms with Gasteiger partial charge < -0.3 is 10.2 Å². The molecule has 0 atom stereocenters. The molecule has 0 aliphatic heterocycles. The van der Waals surface area contributed by atoms with E-state index in [2.05, 4.69) is 5.32 Å². The summed E-state index contributed by atoms with van der Waals surface area (Å²) in [5.74, 6) is -0.0920. The molecule has 2 aromatic carbocycles. The van der Waals surface area contributed by atoms with E-state index in [0.717, 1.165) is 5.56 Å². The summed E-state index contributed by atoms with van der Waals surface area (Å²) in [4.78, 5) is 14.2. The molecular weight excluding hydrogens is 398 g/mol. The zero-order chi connectivity index (χ0) is 19.9. The summed E-state index contributed by atoms with van der Waals surface area (Å²) < 4.78 is 27.6. The lowest BCUT2D eigenvalue weighted by Crippen LogP contribution is -2.37. The molecule has 0 saturated heterocycles. The van der Waals surface area contributed by atoms with Gasteiger partial charge in [0.2, 0.25) is 5.91 Å². The maximum atomic E-state index is 13.2. The third-order valence-corrected chi connectivity index (χ3v) is 6.15. The van der Waals surface area contributed by atoms with Crippen molar-refractivity contribution in [3.8, 4) is 0 Å². The average molecular weight is 426 g/mol. The first-order valence-corrected chi connectivity index (χ1v) is 10.3. The lowest BCUT2D eigenvalue weighted by atomic mass is 10.2. The molecule has 0 radical (unpaired) electrons. The number of sulfonamides is 1. The van der Waals surface area contributed by atoms with E-state index >= 15 is 0 Å². The van der Waals surface area contributed by atoms with Crippen LogP contribution in [-0.2, 0) is 14.8 Å². The predicted octanol–water partition coefficient (Wildman–Crippen LogP) is 2.68. The number of halogens is 1. The van der Waals surface area contributed by atoms with Gasteiger partial charge in [0, 0.05) is 33.1 Å². The molecule has 0 aliphatic carbocycles. The van der Waals surface area contributed by atoms with Crippen molar-refractivity contribution in [2.75, 3.05) is 38.0 Å². The van der Waals surface area contributed by atoms with E-state index < -0.39 is 10.0 Å². The second-order valence-corrected chi connectivity index (χ2v) is 8.26. The highest BCUT2D eigenvalue weighted by Gasteiger charge is 2.25. The molecule has 0 fully saturated rings. The molecule has 2 aromatic rings. The summed E-state index contributed by atoms with van der Waals surface area (Å²) in [6, 6.07) is 15.6. The van der Waals surface area contributed by atoms with Crippen LogP contribution in [0.2, 0.25) is 0 Å². The molecule has 28 heavy (non-hydrogen) atoms. The molecule has 2 rings (SSSR count). The van der Waals surface area contributed by atoms with Crippen molar-refractivity contribution in [3.63, 3.8) is 0 Å². The second-order valence-electron chi connectivity index (χ2n) is 6.39. The summed E-state index contributed by atoms with van der Waals surface area (Å²) in [6.07, 6.45) is 0.111. The van der Waals surface area contributed by atoms with Crippen molar-refractivity contribution in [1.82, 2.24) is 10.2 Å². The topological polar surface area (TPSA) is 69.7 Å². The fourth-order valence-electron chi connectivity index (χ4n) is 2.61. The maximum Gasteiger partial charge on any atom is 0.264 e. The first kappa shape index (κ1) is 23.9. The number of nitrogens with zero attached hydrogens (tertiary/aromatic N) is 2. The van der Waals surface area contributed by atoms with Gasteiger partial charge in [-0.3, -0.25) is 9.10 Å². The van der Waals surface area contributed by atoms with E-state index in [1.54, 1.807) is 54.4 Å². The first-order chi connectivity index (χ1) is 12.9. The van der Waals surface area contributed by atoms with E-state index in [0.29, 0.717) is 18.8 Å². The number of carbonyl (C=O) groups excluding carboxylic acids is 1. The van der Waals surface area contributed by atoms with Crippen molar-refractivity contribution < 1.29 is 13.2 Å². The summed E-state index contributed by atoms with van der Waals surface area (Å²) in [7, 11) is -0.208. The SMILES string of the molecule is CNCCN(C)C(=O)CCN(c1ccc(C)cc1)S(=O)(=O)c1ccccc1.Cl. The van der Waals surface area contributed by atoms with E-state index in [-0.39, 0.29) is 36.2 Å². The van der Waals surface area contributed by atoms with Gasteiger partial charge in [-0.25, -0.2) is 8.42 Å². The number of likely N-dealkylation sites (N-methyl/N-ethyl adjacent to an activating group) is 2. The van der Waals surface area contributed by atoms with Crippen molar-refractivity contribution in [1.29, 1.82) is 0 Å². The number of anilines is 1. The van der Waals surface area contributed by atoms with Crippen LogP contribution in [0.1, 0.15) is 12.0 Å². The molecule has 8 heteroatoms. The van der Waals surface area contributed by atoms with Crippen LogP contribution >= 0.6 is 12.4 Å². The summed E-state index contributed by atoms with van der Waals surface area (Å²) in [5, 5.41) is 3.00. The highest BCUT2D eigenvalue weighted by molar-refractivity contribution is 7.92. The first-order valence-electron chi connectivity index (χ1n) is 8.89. The molecule has 0 bridgehead atoms. The third-order valence-electron chi connectivity index (χ3n) is 4.30. The molecule has 0 unspecified atom stereocenters. The second kappa shape index (κ2) is 11.0. The van der Waals surface area contributed by atoms with Crippen molar-refractivity contribution in [2.24, 2.45) is 0 Å². The number of amides is 1. The van der Waals surface area contributed by atoms with Gasteiger partial charge in [-0.05, 0) is 38.2 Å². The number of nitrogens with one attached hydrogen (secondary N) is 1. The van der Waals surface area contributed by atoms with Crippen LogP contribution in [0.15, 0.2) is 59.5 Å². The Hall–Kier alpha value is -2.09. The minimum absolute atomic E-state index is 0. The van der Waals surface area contributed by atoms with Gasteiger partial charge in [0.25, 0.3) is 10.0 Å². The summed E-state index contributed by atoms with van der Waals surface area (Å²) in [6.45, 7) is 3.29. The van der Waals surface area contributed by atoms with Crippen molar-refractivity contribution in [2.45, 2.75) is 18.2 Å². The normalized spacial score (nSPS) is 10.8. The van der Waals surface area contributed by atoms with Crippen LogP contribution in [0.5, 0.6) is 0 Å². The maximum absolute atomic E-state index is 13.2. The molecule has 1 amide bonds. The Labute approximate surface area is 174 Å². The van der Waals surface area contributed by atoms with Gasteiger partial charge in [0.05, 0.1) is 10.6 Å². The quantitative estimate of drug-likeness (QED) is 0.670. The zero-order valence-electron chi connectivity index (χ0n) is 16.5. The molecule has 6 nitrogen and oxygen atoms in total. The van der Waals surface area contributed by atoms with Gasteiger partial charge in [-0.1, -0.05) is 35.9 Å². The third kappa shape index (κ3) is 6.22. The Morgan fingerprint density at radius 1 is 1.00 bits per heavy atom. The molecule has 0 aromatic heterocycles. The van der Waals surface area contributed by atoms with E-state index in [4.69, 9.17) is 0 Å². The summed E-state index contributed by atoms with van der Waals surface area (Å²) >= 11 is 0. The Bertz CT molecular complexity index is 843. The average Bonchev–Trinajstić information content (AvgIpc) is 2.68. The van der Waals surface area contributed by atoms with Crippen molar-refractivity contribution in [3.05, 3.63) is 60.2 Å². The van der Waals surface area contributed by atoms with Crippen LogP contribution in [-0.4, -0.2) is 53.0 Å². The number of hydrogen-bond donors (Lipinski definition) is 1. The Morgan fingerprint density at radius 3 is 2.18 bits per heavy atom. The van der Waals surface area contributed by atoms with Gasteiger partial charge >= 0.3 is 0 Å². The standard InChI is InChI=1S/C20H27N3O3S.ClH/c1-17-9-11-18(12-10-17)23(15-13-20(24)22(3)16-14-21-2)27(25,26)19-7-5-4-6-8-19;/h4-12,21H,13-16H2,1-3H3;1H. The largest absolute Gasteiger partial charge is 0.344 e. The highest BCUT2D eigenvalue weighted by atomic mass is 35.5. The van der Waals surface area contributed by atoms with E-state index in [1.165, 1.54) is 4.31 Å². The Balaban J connectivity index is 0.00000392. The molecule has 154 valence electrons. The van der Waals surface area contributed by atoms with Gasteiger partial charge in [0.15, 0.2) is 0 Å². The minimum Gasteiger partial charge on any atom is -0.344 e. The van der Waals surface area contributed by atoms with Crippen LogP contribution in [0, 0.1) is 6.92 Å². The number of aryl methyl sites for hydroxylation is 1. The highest BCUT2D eigenvalue weighted by Crippen LogP contribution is 2.24. The minimum atomic E-state index is -3.76. The van der Waals surface area contributed by atoms with Crippen LogP contribution in [0.25, 0.3) is 0 Å². The smallest absolute Gasteiger partial charge is 0.264 e. The number of hydrogen-bond acceptors (Lipinski definition) is 4. The van der Waals surface area contributed by atoms with Crippen LogP contribution in [0.4, 0.5) is 5.69 Å². The Morgan fingerprint density at radius 2 is 1.61 bits per heavy atom. The monoisotopic (exact) mass is 425 g/mol.